The molecule has 6 nitrogen and oxygen atoms in total. The molecule has 0 radical (unpaired) electrons. The van der Waals surface area contributed by atoms with Crippen molar-refractivity contribution in [2.45, 2.75) is 18.4 Å². The number of anilines is 1. The summed E-state index contributed by atoms with van der Waals surface area (Å²) in [6.07, 6.45) is 3.33. The Hall–Kier alpha value is -2.71. The molecule has 0 aliphatic rings. The van der Waals surface area contributed by atoms with Crippen LogP contribution in [0.1, 0.15) is 21.5 Å². The molecular formula is C21H20BrN3O3S. The third kappa shape index (κ3) is 5.21. The third-order valence-corrected chi connectivity index (χ3v) is 6.33. The highest BCUT2D eigenvalue weighted by Crippen LogP contribution is 2.26. The van der Waals surface area contributed by atoms with E-state index in [1.165, 1.54) is 17.0 Å². The Morgan fingerprint density at radius 1 is 1.10 bits per heavy atom. The molecule has 0 bridgehead atoms. The summed E-state index contributed by atoms with van der Waals surface area (Å²) in [5.41, 5.74) is 2.60. The summed E-state index contributed by atoms with van der Waals surface area (Å²) in [5.74, 6) is -0.268. The highest BCUT2D eigenvalue weighted by molar-refractivity contribution is 9.10. The zero-order chi connectivity index (χ0) is 21.0. The summed E-state index contributed by atoms with van der Waals surface area (Å²) < 4.78 is 28.9. The van der Waals surface area contributed by atoms with Crippen molar-refractivity contribution >= 4 is 37.5 Å². The number of nitrogens with zero attached hydrogens (tertiary/aromatic N) is 2. The van der Waals surface area contributed by atoms with Crippen LogP contribution in [0.25, 0.3) is 0 Å². The molecule has 3 aromatic rings. The van der Waals surface area contributed by atoms with E-state index in [0.717, 1.165) is 11.1 Å². The molecule has 0 unspecified atom stereocenters. The van der Waals surface area contributed by atoms with E-state index in [1.54, 1.807) is 43.7 Å². The summed E-state index contributed by atoms with van der Waals surface area (Å²) in [5, 5.41) is 0. The maximum atomic E-state index is 12.8. The molecule has 1 heterocycles. The number of hydrogen-bond donors (Lipinski definition) is 1. The normalized spacial score (nSPS) is 11.1. The molecule has 8 heteroatoms. The van der Waals surface area contributed by atoms with Gasteiger partial charge in [0.05, 0.1) is 10.6 Å². The number of amides is 1. The molecule has 0 fully saturated rings. The lowest BCUT2D eigenvalue weighted by molar-refractivity contribution is 0.0785. The summed E-state index contributed by atoms with van der Waals surface area (Å²) in [6.45, 7) is 2.27. The Bertz CT molecular complexity index is 1130. The van der Waals surface area contributed by atoms with Gasteiger partial charge in [-0.3, -0.25) is 14.5 Å². The Balaban J connectivity index is 1.82. The van der Waals surface area contributed by atoms with E-state index >= 15 is 0 Å². The number of sulfonamides is 1. The van der Waals surface area contributed by atoms with Crippen LogP contribution in [0.4, 0.5) is 5.69 Å². The smallest absolute Gasteiger partial charge is 0.261 e. The van der Waals surface area contributed by atoms with Gasteiger partial charge in [0.2, 0.25) is 0 Å². The van der Waals surface area contributed by atoms with Crippen molar-refractivity contribution < 1.29 is 13.2 Å². The number of nitrogens with one attached hydrogen (secondary N) is 1. The van der Waals surface area contributed by atoms with Crippen molar-refractivity contribution in [1.82, 2.24) is 9.88 Å². The van der Waals surface area contributed by atoms with Crippen molar-refractivity contribution in [3.8, 4) is 0 Å². The molecule has 1 aromatic heterocycles. The second-order valence-corrected chi connectivity index (χ2v) is 9.17. The van der Waals surface area contributed by atoms with Gasteiger partial charge in [0.15, 0.2) is 0 Å². The van der Waals surface area contributed by atoms with Gasteiger partial charge < -0.3 is 4.90 Å². The van der Waals surface area contributed by atoms with Gasteiger partial charge in [-0.05, 0) is 76.4 Å². The Morgan fingerprint density at radius 2 is 1.83 bits per heavy atom. The molecule has 1 amide bonds. The first-order valence-electron chi connectivity index (χ1n) is 8.80. The number of carbonyl (C=O) groups excluding carboxylic acids is 1. The molecule has 2 aromatic carbocycles. The van der Waals surface area contributed by atoms with Crippen LogP contribution < -0.4 is 4.72 Å². The van der Waals surface area contributed by atoms with Crippen LogP contribution in [0.15, 0.2) is 76.4 Å². The van der Waals surface area contributed by atoms with E-state index in [4.69, 9.17) is 0 Å². The maximum absolute atomic E-state index is 12.8. The Kier molecular flexibility index (Phi) is 6.34. The van der Waals surface area contributed by atoms with Crippen molar-refractivity contribution in [1.29, 1.82) is 0 Å². The fourth-order valence-corrected chi connectivity index (χ4v) is 4.36. The van der Waals surface area contributed by atoms with Crippen LogP contribution in [0.5, 0.6) is 0 Å². The van der Waals surface area contributed by atoms with Crippen LogP contribution in [-0.4, -0.2) is 31.3 Å². The molecule has 0 saturated heterocycles. The van der Waals surface area contributed by atoms with Gasteiger partial charge in [-0.1, -0.05) is 12.1 Å². The highest BCUT2D eigenvalue weighted by Gasteiger charge is 2.19. The van der Waals surface area contributed by atoms with Crippen molar-refractivity contribution in [2.24, 2.45) is 0 Å². The molecule has 3 rings (SSSR count). The van der Waals surface area contributed by atoms with Gasteiger partial charge in [-0.15, -0.1) is 0 Å². The van der Waals surface area contributed by atoms with Gasteiger partial charge in [0, 0.05) is 36.0 Å². The fourth-order valence-electron chi connectivity index (χ4n) is 2.77. The molecule has 0 atom stereocenters. The molecule has 0 aliphatic carbocycles. The average molecular weight is 474 g/mol. The second kappa shape index (κ2) is 8.75. The first kappa shape index (κ1) is 21.0. The number of benzene rings is 2. The van der Waals surface area contributed by atoms with Crippen molar-refractivity contribution in [3.05, 3.63) is 88.2 Å². The van der Waals surface area contributed by atoms with E-state index in [2.05, 4.69) is 25.6 Å². The molecule has 0 saturated carbocycles. The first-order valence-corrected chi connectivity index (χ1v) is 11.1. The van der Waals surface area contributed by atoms with E-state index in [-0.39, 0.29) is 10.8 Å². The van der Waals surface area contributed by atoms with Gasteiger partial charge in [0.1, 0.15) is 0 Å². The summed E-state index contributed by atoms with van der Waals surface area (Å²) in [4.78, 5) is 18.3. The van der Waals surface area contributed by atoms with E-state index in [1.807, 2.05) is 25.1 Å². The average Bonchev–Trinajstić information content (AvgIpc) is 2.71. The van der Waals surface area contributed by atoms with E-state index in [0.29, 0.717) is 22.3 Å². The highest BCUT2D eigenvalue weighted by atomic mass is 79.9. The van der Waals surface area contributed by atoms with Crippen LogP contribution in [0.2, 0.25) is 0 Å². The largest absolute Gasteiger partial charge is 0.337 e. The number of halogens is 1. The lowest BCUT2D eigenvalue weighted by Gasteiger charge is -2.18. The first-order chi connectivity index (χ1) is 13.8. The van der Waals surface area contributed by atoms with Crippen LogP contribution >= 0.6 is 15.9 Å². The lowest BCUT2D eigenvalue weighted by atomic mass is 10.2. The SMILES string of the molecule is Cc1ccc(Br)c(NS(=O)(=O)c2cccc(C(=O)N(C)Cc3ccncc3)c2)c1. The quantitative estimate of drug-likeness (QED) is 0.580. The van der Waals surface area contributed by atoms with Crippen molar-refractivity contribution in [3.63, 3.8) is 0 Å². The second-order valence-electron chi connectivity index (χ2n) is 6.63. The molecule has 150 valence electrons. The number of hydrogen-bond acceptors (Lipinski definition) is 4. The molecule has 0 aliphatic heterocycles. The summed E-state index contributed by atoms with van der Waals surface area (Å²) in [6, 6.07) is 15.1. The molecule has 0 spiro atoms. The van der Waals surface area contributed by atoms with E-state index < -0.39 is 10.0 Å². The zero-order valence-electron chi connectivity index (χ0n) is 16.0. The number of carbonyl (C=O) groups is 1. The lowest BCUT2D eigenvalue weighted by Crippen LogP contribution is -2.26. The van der Waals surface area contributed by atoms with Crippen LogP contribution in [-0.2, 0) is 16.6 Å². The third-order valence-electron chi connectivity index (χ3n) is 4.27. The fraction of sp³-hybridized carbons (Fsp3) is 0.143. The number of aryl methyl sites for hydroxylation is 1. The maximum Gasteiger partial charge on any atom is 0.261 e. The topological polar surface area (TPSA) is 79.4 Å². The van der Waals surface area contributed by atoms with Crippen molar-refractivity contribution in [2.75, 3.05) is 11.8 Å². The van der Waals surface area contributed by atoms with Crippen LogP contribution in [0, 0.1) is 6.92 Å². The number of rotatable bonds is 6. The predicted molar refractivity (Wildman–Crippen MR) is 116 cm³/mol. The molecule has 29 heavy (non-hydrogen) atoms. The van der Waals surface area contributed by atoms with Gasteiger partial charge >= 0.3 is 0 Å². The summed E-state index contributed by atoms with van der Waals surface area (Å²) >= 11 is 3.35. The predicted octanol–water partition coefficient (Wildman–Crippen LogP) is 4.23. The minimum atomic E-state index is -3.85. The van der Waals surface area contributed by atoms with Gasteiger partial charge in [-0.25, -0.2) is 8.42 Å². The van der Waals surface area contributed by atoms with Crippen LogP contribution in [0.3, 0.4) is 0 Å². The molecule has 1 N–H and O–H groups in total. The minimum Gasteiger partial charge on any atom is -0.337 e. The monoisotopic (exact) mass is 473 g/mol. The minimum absolute atomic E-state index is 0.0223. The zero-order valence-corrected chi connectivity index (χ0v) is 18.4. The standard InChI is InChI=1S/C21H20BrN3O3S/c1-15-6-7-19(22)20(12-15)24-29(27,28)18-5-3-4-17(13-18)21(26)25(2)14-16-8-10-23-11-9-16/h3-13,24H,14H2,1-2H3. The Morgan fingerprint density at radius 3 is 2.55 bits per heavy atom. The number of aromatic nitrogens is 1. The van der Waals surface area contributed by atoms with Gasteiger partial charge in [0.25, 0.3) is 15.9 Å². The number of pyridine rings is 1. The molecular weight excluding hydrogens is 454 g/mol. The van der Waals surface area contributed by atoms with E-state index in [9.17, 15) is 13.2 Å². The van der Waals surface area contributed by atoms with Gasteiger partial charge in [-0.2, -0.15) is 0 Å². The summed E-state index contributed by atoms with van der Waals surface area (Å²) in [7, 11) is -2.18. The Labute approximate surface area is 178 Å².